The van der Waals surface area contributed by atoms with Crippen molar-refractivity contribution in [3.63, 3.8) is 0 Å². The number of morpholine rings is 1. The molecule has 1 aliphatic rings. The van der Waals surface area contributed by atoms with E-state index in [1.54, 1.807) is 0 Å². The van der Waals surface area contributed by atoms with E-state index in [0.29, 0.717) is 0 Å². The van der Waals surface area contributed by atoms with E-state index in [4.69, 9.17) is 4.74 Å². The van der Waals surface area contributed by atoms with Crippen LogP contribution in [0.25, 0.3) is 32.8 Å². The van der Waals surface area contributed by atoms with Crippen LogP contribution in [0.3, 0.4) is 0 Å². The molecule has 3 heterocycles. The minimum absolute atomic E-state index is 0.0278. The second kappa shape index (κ2) is 7.80. The highest BCUT2D eigenvalue weighted by molar-refractivity contribution is 6.08. The third-order valence-electron chi connectivity index (χ3n) is 6.38. The molecule has 1 saturated heterocycles. The zero-order chi connectivity index (χ0) is 20.6. The van der Waals surface area contributed by atoms with Crippen LogP contribution in [-0.4, -0.2) is 57.3 Å². The molecule has 0 aliphatic carbocycles. The average molecular weight is 412 g/mol. The summed E-state index contributed by atoms with van der Waals surface area (Å²) in [5.41, 5.74) is 4.46. The Morgan fingerprint density at radius 1 is 0.774 bits per heavy atom. The third kappa shape index (κ3) is 3.19. The molecule has 6 nitrogen and oxygen atoms in total. The van der Waals surface area contributed by atoms with E-state index in [-0.39, 0.29) is 6.17 Å². The van der Waals surface area contributed by atoms with Crippen molar-refractivity contribution in [2.45, 2.75) is 12.6 Å². The van der Waals surface area contributed by atoms with Crippen molar-refractivity contribution in [2.24, 2.45) is 0 Å². The molecule has 5 aromatic rings. The molecule has 1 atom stereocenters. The number of nitrogens with zero attached hydrogens (tertiary/aromatic N) is 5. The fourth-order valence-electron chi connectivity index (χ4n) is 4.86. The molecule has 0 amide bonds. The maximum atomic E-state index is 5.55. The van der Waals surface area contributed by atoms with Crippen molar-refractivity contribution in [3.05, 3.63) is 72.8 Å². The first-order valence-electron chi connectivity index (χ1n) is 11.0. The first-order valence-corrected chi connectivity index (χ1v) is 11.0. The largest absolute Gasteiger partial charge is 0.379 e. The maximum absolute atomic E-state index is 5.55. The van der Waals surface area contributed by atoms with Crippen molar-refractivity contribution in [1.82, 2.24) is 24.5 Å². The SMILES string of the molecule is c1ccc2c(c1)nnn2C(CCN1CCOCC1)n1c2ccccc2c2ccccc21. The van der Waals surface area contributed by atoms with Crippen molar-refractivity contribution < 1.29 is 4.74 Å². The Kier molecular flexibility index (Phi) is 4.66. The molecule has 1 aliphatic heterocycles. The van der Waals surface area contributed by atoms with Crippen LogP contribution in [0.5, 0.6) is 0 Å². The lowest BCUT2D eigenvalue weighted by Crippen LogP contribution is -2.38. The molecule has 0 bridgehead atoms. The molecule has 1 unspecified atom stereocenters. The van der Waals surface area contributed by atoms with Gasteiger partial charge in [-0.2, -0.15) is 0 Å². The lowest BCUT2D eigenvalue weighted by atomic mass is 10.2. The standard InChI is InChI=1S/C25H25N5O/c1-4-10-22-19(7-1)20-8-2-5-11-23(20)29(22)25(13-14-28-15-17-31-18-16-28)30-24-12-6-3-9-21(24)26-27-30/h1-12,25H,13-18H2. The summed E-state index contributed by atoms with van der Waals surface area (Å²) in [6.07, 6.45) is 0.968. The van der Waals surface area contributed by atoms with E-state index in [0.717, 1.165) is 50.3 Å². The smallest absolute Gasteiger partial charge is 0.131 e. The molecule has 1 fully saturated rings. The fraction of sp³-hybridized carbons (Fsp3) is 0.280. The molecule has 6 rings (SSSR count). The Labute approximate surface area is 180 Å². The van der Waals surface area contributed by atoms with Gasteiger partial charge in [0.2, 0.25) is 0 Å². The van der Waals surface area contributed by atoms with E-state index in [2.05, 4.69) is 85.1 Å². The Hall–Kier alpha value is -3.22. The molecule has 156 valence electrons. The highest BCUT2D eigenvalue weighted by Crippen LogP contribution is 2.34. The molecule has 0 spiro atoms. The lowest BCUT2D eigenvalue weighted by molar-refractivity contribution is 0.0350. The van der Waals surface area contributed by atoms with Crippen LogP contribution in [-0.2, 0) is 4.74 Å². The Balaban J connectivity index is 1.53. The normalized spacial score (nSPS) is 16.4. The maximum Gasteiger partial charge on any atom is 0.131 e. The number of para-hydroxylation sites is 3. The van der Waals surface area contributed by atoms with Crippen LogP contribution >= 0.6 is 0 Å². The van der Waals surface area contributed by atoms with Crippen LogP contribution in [0.2, 0.25) is 0 Å². The van der Waals surface area contributed by atoms with Gasteiger partial charge in [0, 0.05) is 36.8 Å². The quantitative estimate of drug-likeness (QED) is 0.432. The first kappa shape index (κ1) is 18.5. The minimum Gasteiger partial charge on any atom is -0.379 e. The zero-order valence-corrected chi connectivity index (χ0v) is 17.4. The summed E-state index contributed by atoms with van der Waals surface area (Å²) in [4.78, 5) is 2.49. The highest BCUT2D eigenvalue weighted by atomic mass is 16.5. The van der Waals surface area contributed by atoms with E-state index in [1.807, 2.05) is 12.1 Å². The number of aromatic nitrogens is 4. The molecule has 0 radical (unpaired) electrons. The Morgan fingerprint density at radius 2 is 1.39 bits per heavy atom. The summed E-state index contributed by atoms with van der Waals surface area (Å²) < 4.78 is 10.1. The van der Waals surface area contributed by atoms with Crippen molar-refractivity contribution in [3.8, 4) is 0 Å². The second-order valence-electron chi connectivity index (χ2n) is 8.15. The van der Waals surface area contributed by atoms with Crippen LogP contribution in [0.1, 0.15) is 12.6 Å². The van der Waals surface area contributed by atoms with Crippen molar-refractivity contribution in [1.29, 1.82) is 0 Å². The number of ether oxygens (including phenoxy) is 1. The van der Waals surface area contributed by atoms with E-state index in [9.17, 15) is 0 Å². The molecule has 31 heavy (non-hydrogen) atoms. The number of hydrogen-bond donors (Lipinski definition) is 0. The summed E-state index contributed by atoms with van der Waals surface area (Å²) in [6.45, 7) is 4.58. The average Bonchev–Trinajstić information content (AvgIpc) is 3.41. The van der Waals surface area contributed by atoms with Crippen LogP contribution in [0, 0.1) is 0 Å². The molecular weight excluding hydrogens is 386 g/mol. The van der Waals surface area contributed by atoms with Gasteiger partial charge in [0.15, 0.2) is 0 Å². The number of fused-ring (bicyclic) bond motifs is 4. The predicted octanol–water partition coefficient (Wildman–Crippen LogP) is 4.31. The third-order valence-corrected chi connectivity index (χ3v) is 6.38. The Bertz CT molecular complexity index is 1290. The van der Waals surface area contributed by atoms with E-state index < -0.39 is 0 Å². The van der Waals surface area contributed by atoms with Gasteiger partial charge < -0.3 is 9.30 Å². The van der Waals surface area contributed by atoms with Gasteiger partial charge in [0.25, 0.3) is 0 Å². The number of benzene rings is 3. The Morgan fingerprint density at radius 3 is 2.10 bits per heavy atom. The fourth-order valence-corrected chi connectivity index (χ4v) is 4.86. The molecule has 0 N–H and O–H groups in total. The van der Waals surface area contributed by atoms with Gasteiger partial charge in [-0.3, -0.25) is 4.90 Å². The number of rotatable bonds is 5. The zero-order valence-electron chi connectivity index (χ0n) is 17.4. The molecular formula is C25H25N5O. The highest BCUT2D eigenvalue weighted by Gasteiger charge is 2.23. The van der Waals surface area contributed by atoms with E-state index in [1.165, 1.54) is 21.8 Å². The summed E-state index contributed by atoms with van der Waals surface area (Å²) in [5.74, 6) is 0. The summed E-state index contributed by atoms with van der Waals surface area (Å²) in [6, 6.07) is 25.6. The van der Waals surface area contributed by atoms with Gasteiger partial charge in [-0.15, -0.1) is 5.10 Å². The van der Waals surface area contributed by atoms with Crippen LogP contribution in [0.4, 0.5) is 0 Å². The lowest BCUT2D eigenvalue weighted by Gasteiger charge is -2.29. The van der Waals surface area contributed by atoms with Crippen molar-refractivity contribution in [2.75, 3.05) is 32.8 Å². The molecule has 3 aromatic carbocycles. The summed E-state index contributed by atoms with van der Waals surface area (Å²) >= 11 is 0. The first-order chi connectivity index (χ1) is 15.4. The summed E-state index contributed by atoms with van der Waals surface area (Å²) in [5, 5.41) is 11.7. The van der Waals surface area contributed by atoms with Gasteiger partial charge in [-0.05, 0) is 24.3 Å². The topological polar surface area (TPSA) is 48.1 Å². The van der Waals surface area contributed by atoms with E-state index >= 15 is 0 Å². The molecule has 0 saturated carbocycles. The molecule has 6 heteroatoms. The van der Waals surface area contributed by atoms with Gasteiger partial charge in [-0.25, -0.2) is 4.68 Å². The minimum atomic E-state index is 0.0278. The number of hydrogen-bond acceptors (Lipinski definition) is 4. The van der Waals surface area contributed by atoms with Gasteiger partial charge in [0.05, 0.1) is 29.8 Å². The monoisotopic (exact) mass is 411 g/mol. The summed E-state index contributed by atoms with van der Waals surface area (Å²) in [7, 11) is 0. The van der Waals surface area contributed by atoms with Crippen LogP contribution in [0.15, 0.2) is 72.8 Å². The second-order valence-corrected chi connectivity index (χ2v) is 8.15. The van der Waals surface area contributed by atoms with Gasteiger partial charge in [-0.1, -0.05) is 53.7 Å². The van der Waals surface area contributed by atoms with Gasteiger partial charge in [0.1, 0.15) is 11.7 Å². The van der Waals surface area contributed by atoms with Gasteiger partial charge >= 0.3 is 0 Å². The van der Waals surface area contributed by atoms with Crippen LogP contribution < -0.4 is 0 Å². The molecule has 2 aromatic heterocycles. The van der Waals surface area contributed by atoms with Crippen molar-refractivity contribution >= 4 is 32.8 Å². The predicted molar refractivity (Wildman–Crippen MR) is 123 cm³/mol.